The topological polar surface area (TPSA) is 82.5 Å². The van der Waals surface area contributed by atoms with E-state index >= 15 is 0 Å². The average molecular weight is 825 g/mol. The van der Waals surface area contributed by atoms with Gasteiger partial charge in [0.2, 0.25) is 5.95 Å². The molecule has 8 aromatic carbocycles. The van der Waals surface area contributed by atoms with Crippen molar-refractivity contribution >= 4 is 75.4 Å². The van der Waals surface area contributed by atoms with Crippen LogP contribution in [0, 0.1) is 0 Å². The quantitative estimate of drug-likeness (QED) is 0.166. The van der Waals surface area contributed by atoms with E-state index in [-0.39, 0.29) is 0 Å². The standard InChI is InChI=1S/C55H32N6OS/c1-4-15-33(16-5-1)48-51-49(41-22-11-13-26-47(41)63-51)57-54(56-48)37-28-30-45-43(32-37)42-31-36(38-23-14-24-40-39-21-10-12-25-46(39)62-50(38)40)27-29-44(42)61(45)55-59-52(34-17-6-2-7-18-34)58-53(60-55)35-19-8-3-9-20-35/h1-32H. The third-order valence-corrected chi connectivity index (χ3v) is 13.1. The number of para-hydroxylation sites is 2. The van der Waals surface area contributed by atoms with Gasteiger partial charge in [0.25, 0.3) is 0 Å². The normalized spacial score (nSPS) is 11.8. The maximum Gasteiger partial charge on any atom is 0.238 e. The second kappa shape index (κ2) is 14.1. The fourth-order valence-electron chi connectivity index (χ4n) is 8.93. The van der Waals surface area contributed by atoms with E-state index in [0.717, 1.165) is 98.4 Å². The summed E-state index contributed by atoms with van der Waals surface area (Å²) in [6.45, 7) is 0. The van der Waals surface area contributed by atoms with Gasteiger partial charge in [-0.25, -0.2) is 15.0 Å². The number of rotatable bonds is 6. The van der Waals surface area contributed by atoms with Gasteiger partial charge in [0.15, 0.2) is 17.5 Å². The summed E-state index contributed by atoms with van der Waals surface area (Å²) >= 11 is 1.74. The van der Waals surface area contributed by atoms with Crippen LogP contribution in [0.5, 0.6) is 0 Å². The molecular formula is C55H32N6OS. The molecule has 13 rings (SSSR count). The second-order valence-corrected chi connectivity index (χ2v) is 16.7. The Morgan fingerprint density at radius 1 is 0.397 bits per heavy atom. The third kappa shape index (κ3) is 5.76. The minimum Gasteiger partial charge on any atom is -0.455 e. The second-order valence-electron chi connectivity index (χ2n) is 15.6. The molecule has 0 unspecified atom stereocenters. The molecule has 0 spiro atoms. The molecular weight excluding hydrogens is 793 g/mol. The number of furan rings is 1. The van der Waals surface area contributed by atoms with Crippen LogP contribution in [-0.2, 0) is 0 Å². The van der Waals surface area contributed by atoms with Crippen LogP contribution in [-0.4, -0.2) is 29.5 Å². The van der Waals surface area contributed by atoms with Crippen molar-refractivity contribution < 1.29 is 4.42 Å². The number of aromatic nitrogens is 6. The third-order valence-electron chi connectivity index (χ3n) is 11.9. The van der Waals surface area contributed by atoms with Crippen molar-refractivity contribution in [2.75, 3.05) is 0 Å². The van der Waals surface area contributed by atoms with Crippen molar-refractivity contribution in [3.8, 4) is 62.5 Å². The molecule has 0 amide bonds. The van der Waals surface area contributed by atoms with Gasteiger partial charge in [0.05, 0.1) is 26.9 Å². The molecule has 0 saturated carbocycles. The first-order valence-corrected chi connectivity index (χ1v) is 21.6. The van der Waals surface area contributed by atoms with Crippen molar-refractivity contribution in [3.63, 3.8) is 0 Å². The number of nitrogens with zero attached hydrogens (tertiary/aromatic N) is 6. The summed E-state index contributed by atoms with van der Waals surface area (Å²) < 4.78 is 11.0. The van der Waals surface area contributed by atoms with Gasteiger partial charge < -0.3 is 4.42 Å². The van der Waals surface area contributed by atoms with E-state index in [1.54, 1.807) is 11.3 Å². The summed E-state index contributed by atoms with van der Waals surface area (Å²) in [6.07, 6.45) is 0. The lowest BCUT2D eigenvalue weighted by Crippen LogP contribution is -2.06. The monoisotopic (exact) mass is 824 g/mol. The lowest BCUT2D eigenvalue weighted by atomic mass is 10.00. The fraction of sp³-hybridized carbons (Fsp3) is 0. The van der Waals surface area contributed by atoms with Crippen molar-refractivity contribution in [2.24, 2.45) is 0 Å². The van der Waals surface area contributed by atoms with Gasteiger partial charge in [0.1, 0.15) is 11.2 Å². The van der Waals surface area contributed by atoms with E-state index in [2.05, 4.69) is 120 Å². The molecule has 63 heavy (non-hydrogen) atoms. The predicted octanol–water partition coefficient (Wildman–Crippen LogP) is 14.4. The Bertz CT molecular complexity index is 3860. The minimum absolute atomic E-state index is 0.524. The maximum absolute atomic E-state index is 6.56. The smallest absolute Gasteiger partial charge is 0.238 e. The Morgan fingerprint density at radius 3 is 1.68 bits per heavy atom. The van der Waals surface area contributed by atoms with E-state index in [1.807, 2.05) is 78.9 Å². The van der Waals surface area contributed by atoms with Crippen LogP contribution in [0.15, 0.2) is 199 Å². The first kappa shape index (κ1) is 35.4. The molecule has 0 N–H and O–H groups in total. The Kier molecular flexibility index (Phi) is 7.94. The predicted molar refractivity (Wildman–Crippen MR) is 257 cm³/mol. The van der Waals surface area contributed by atoms with Gasteiger partial charge in [-0.05, 0) is 48.0 Å². The van der Waals surface area contributed by atoms with Crippen LogP contribution < -0.4 is 0 Å². The van der Waals surface area contributed by atoms with E-state index in [4.69, 9.17) is 29.3 Å². The lowest BCUT2D eigenvalue weighted by Gasteiger charge is -2.11. The Morgan fingerprint density at radius 2 is 0.968 bits per heavy atom. The zero-order valence-corrected chi connectivity index (χ0v) is 34.3. The number of benzene rings is 8. The largest absolute Gasteiger partial charge is 0.455 e. The maximum atomic E-state index is 6.56. The average Bonchev–Trinajstić information content (AvgIpc) is 4.04. The summed E-state index contributed by atoms with van der Waals surface area (Å²) in [7, 11) is 0. The van der Waals surface area contributed by atoms with Crippen molar-refractivity contribution in [3.05, 3.63) is 194 Å². The Hall–Kier alpha value is -8.33. The highest BCUT2D eigenvalue weighted by molar-refractivity contribution is 7.26. The first-order chi connectivity index (χ1) is 31.2. The first-order valence-electron chi connectivity index (χ1n) is 20.8. The van der Waals surface area contributed by atoms with E-state index in [9.17, 15) is 0 Å². The fourth-order valence-corrected chi connectivity index (χ4v) is 10.1. The van der Waals surface area contributed by atoms with Gasteiger partial charge in [-0.15, -0.1) is 11.3 Å². The molecule has 0 atom stereocenters. The molecule has 8 heteroatoms. The summed E-state index contributed by atoms with van der Waals surface area (Å²) in [6, 6.07) is 66.8. The minimum atomic E-state index is 0.524. The summed E-state index contributed by atoms with van der Waals surface area (Å²) in [5.74, 6) is 2.37. The van der Waals surface area contributed by atoms with Gasteiger partial charge in [0, 0.05) is 59.4 Å². The molecule has 7 nitrogen and oxygen atoms in total. The van der Waals surface area contributed by atoms with Crippen molar-refractivity contribution in [1.29, 1.82) is 0 Å². The van der Waals surface area contributed by atoms with Crippen LogP contribution >= 0.6 is 11.3 Å². The molecule has 0 aliphatic carbocycles. The molecule has 0 aliphatic rings. The van der Waals surface area contributed by atoms with Crippen molar-refractivity contribution in [2.45, 2.75) is 0 Å². The van der Waals surface area contributed by atoms with Gasteiger partial charge in [-0.3, -0.25) is 4.57 Å². The van der Waals surface area contributed by atoms with Gasteiger partial charge in [-0.1, -0.05) is 152 Å². The molecule has 0 saturated heterocycles. The van der Waals surface area contributed by atoms with E-state index in [1.165, 1.54) is 4.70 Å². The highest BCUT2D eigenvalue weighted by atomic mass is 32.1. The molecule has 5 heterocycles. The molecule has 0 fully saturated rings. The molecule has 5 aromatic heterocycles. The Balaban J connectivity index is 1.09. The van der Waals surface area contributed by atoms with Crippen LogP contribution in [0.3, 0.4) is 0 Å². The zero-order chi connectivity index (χ0) is 41.4. The summed E-state index contributed by atoms with van der Waals surface area (Å²) in [5.41, 5.74) is 11.3. The molecule has 0 bridgehead atoms. The van der Waals surface area contributed by atoms with E-state index < -0.39 is 0 Å². The molecule has 0 aliphatic heterocycles. The van der Waals surface area contributed by atoms with Crippen LogP contribution in [0.4, 0.5) is 0 Å². The van der Waals surface area contributed by atoms with Gasteiger partial charge in [-0.2, -0.15) is 9.97 Å². The molecule has 0 radical (unpaired) electrons. The number of hydrogen-bond acceptors (Lipinski definition) is 7. The lowest BCUT2D eigenvalue weighted by molar-refractivity contribution is 0.670. The summed E-state index contributed by atoms with van der Waals surface area (Å²) in [4.78, 5) is 26.1. The SMILES string of the molecule is c1ccc(-c2nc(-c3ccccc3)nc(-n3c4ccc(-c5nc(-c6ccccc6)c6sc7ccccc7c6n5)cc4c4cc(-c5cccc6c5oc5ccccc56)ccc43)n2)cc1. The zero-order valence-electron chi connectivity index (χ0n) is 33.5. The Labute approximate surface area is 364 Å². The molecule has 294 valence electrons. The number of hydrogen-bond donors (Lipinski definition) is 0. The molecule has 13 aromatic rings. The highest BCUT2D eigenvalue weighted by Crippen LogP contribution is 2.42. The van der Waals surface area contributed by atoms with Crippen molar-refractivity contribution in [1.82, 2.24) is 29.5 Å². The van der Waals surface area contributed by atoms with Crippen LogP contribution in [0.1, 0.15) is 0 Å². The summed E-state index contributed by atoms with van der Waals surface area (Å²) in [5, 5.41) is 5.36. The van der Waals surface area contributed by atoms with E-state index in [0.29, 0.717) is 23.4 Å². The number of fused-ring (bicyclic) bond motifs is 9. The highest BCUT2D eigenvalue weighted by Gasteiger charge is 2.22. The number of thiophene rings is 1. The van der Waals surface area contributed by atoms with Crippen LogP contribution in [0.2, 0.25) is 0 Å². The van der Waals surface area contributed by atoms with Gasteiger partial charge >= 0.3 is 0 Å². The van der Waals surface area contributed by atoms with Crippen LogP contribution in [0.25, 0.3) is 127 Å².